The second-order valence-corrected chi connectivity index (χ2v) is 9.78. The molecule has 0 atom stereocenters. The Labute approximate surface area is 215 Å². The van der Waals surface area contributed by atoms with Gasteiger partial charge in [-0.05, 0) is 62.1 Å². The zero-order valence-electron chi connectivity index (χ0n) is 21.1. The molecule has 0 aliphatic carbocycles. The molecular weight excluding hydrogens is 470 g/mol. The summed E-state index contributed by atoms with van der Waals surface area (Å²) in [6.45, 7) is 9.51. The smallest absolute Gasteiger partial charge is 0.129 e. The summed E-state index contributed by atoms with van der Waals surface area (Å²) in [6, 6.07) is 11.2. The van der Waals surface area contributed by atoms with E-state index in [-0.39, 0.29) is 23.7 Å². The van der Waals surface area contributed by atoms with Crippen LogP contribution in [0.3, 0.4) is 0 Å². The number of phenolic OH excluding ortho intramolecular Hbond substituents is 1. The average Bonchev–Trinajstić information content (AvgIpc) is 3.36. The first-order valence-electron chi connectivity index (χ1n) is 12.6. The molecule has 3 heterocycles. The molecule has 1 fully saturated rings. The first-order chi connectivity index (χ1) is 17.8. The van der Waals surface area contributed by atoms with E-state index in [9.17, 15) is 13.9 Å². The van der Waals surface area contributed by atoms with Gasteiger partial charge < -0.3 is 10.0 Å². The summed E-state index contributed by atoms with van der Waals surface area (Å²) in [5, 5.41) is 9.88. The van der Waals surface area contributed by atoms with Crippen LogP contribution in [0.15, 0.2) is 65.9 Å². The highest BCUT2D eigenvalue weighted by molar-refractivity contribution is 6.10. The average molecular weight is 501 g/mol. The normalized spacial score (nSPS) is 16.1. The highest BCUT2D eigenvalue weighted by Gasteiger charge is 2.29. The molecule has 1 N–H and O–H groups in total. The Morgan fingerprint density at radius 2 is 1.76 bits per heavy atom. The molecule has 0 radical (unpaired) electrons. The van der Waals surface area contributed by atoms with Crippen LogP contribution in [0.5, 0.6) is 5.75 Å². The van der Waals surface area contributed by atoms with Crippen molar-refractivity contribution in [1.29, 1.82) is 0 Å². The molecule has 37 heavy (non-hydrogen) atoms. The van der Waals surface area contributed by atoms with Gasteiger partial charge in [-0.25, -0.2) is 18.7 Å². The highest BCUT2D eigenvalue weighted by atomic mass is 19.1. The molecule has 3 aromatic rings. The molecule has 2 aliphatic heterocycles. The molecule has 190 valence electrons. The van der Waals surface area contributed by atoms with Crippen molar-refractivity contribution >= 4 is 11.3 Å². The minimum atomic E-state index is -0.538. The van der Waals surface area contributed by atoms with E-state index in [0.717, 1.165) is 71.3 Å². The van der Waals surface area contributed by atoms with E-state index in [1.165, 1.54) is 18.2 Å². The van der Waals surface area contributed by atoms with Crippen LogP contribution in [0.25, 0.3) is 5.57 Å². The lowest BCUT2D eigenvalue weighted by Crippen LogP contribution is -2.34. The van der Waals surface area contributed by atoms with Crippen LogP contribution < -0.4 is 0 Å². The summed E-state index contributed by atoms with van der Waals surface area (Å²) in [4.78, 5) is 16.4. The fourth-order valence-electron chi connectivity index (χ4n) is 5.34. The van der Waals surface area contributed by atoms with Crippen molar-refractivity contribution in [2.75, 3.05) is 13.1 Å². The van der Waals surface area contributed by atoms with E-state index in [2.05, 4.69) is 16.5 Å². The number of nitrogens with zero attached hydrogens (tertiary/aromatic N) is 4. The second-order valence-electron chi connectivity index (χ2n) is 9.78. The van der Waals surface area contributed by atoms with Crippen molar-refractivity contribution in [3.63, 3.8) is 0 Å². The summed E-state index contributed by atoms with van der Waals surface area (Å²) in [5.41, 5.74) is 6.64. The number of phenols is 1. The molecule has 0 bridgehead atoms. The van der Waals surface area contributed by atoms with Crippen molar-refractivity contribution in [1.82, 2.24) is 14.9 Å². The van der Waals surface area contributed by atoms with Crippen LogP contribution in [0.2, 0.25) is 0 Å². The number of piperidine rings is 1. The predicted molar refractivity (Wildman–Crippen MR) is 141 cm³/mol. The maximum Gasteiger partial charge on any atom is 0.129 e. The van der Waals surface area contributed by atoms with Crippen LogP contribution in [0, 0.1) is 25.5 Å². The Morgan fingerprint density at radius 3 is 2.46 bits per heavy atom. The van der Waals surface area contributed by atoms with Gasteiger partial charge in [-0.15, -0.1) is 0 Å². The zero-order chi connectivity index (χ0) is 26.1. The van der Waals surface area contributed by atoms with E-state index in [1.54, 1.807) is 12.1 Å². The van der Waals surface area contributed by atoms with Crippen molar-refractivity contribution in [2.24, 2.45) is 4.99 Å². The monoisotopic (exact) mass is 500 g/mol. The molecular formula is C30H30F2N4O. The van der Waals surface area contributed by atoms with Crippen molar-refractivity contribution in [3.8, 4) is 5.75 Å². The number of aryl methyl sites for hydroxylation is 2. The Kier molecular flexibility index (Phi) is 6.87. The van der Waals surface area contributed by atoms with Gasteiger partial charge in [0, 0.05) is 54.9 Å². The number of hydrogen-bond acceptors (Lipinski definition) is 5. The Hall–Kier alpha value is -3.87. The van der Waals surface area contributed by atoms with Crippen molar-refractivity contribution < 1.29 is 13.9 Å². The lowest BCUT2D eigenvalue weighted by molar-refractivity contribution is 0.256. The summed E-state index contributed by atoms with van der Waals surface area (Å²) >= 11 is 0. The van der Waals surface area contributed by atoms with E-state index < -0.39 is 11.6 Å². The molecule has 2 aliphatic rings. The largest absolute Gasteiger partial charge is 0.508 e. The molecule has 1 saturated heterocycles. The standard InChI is InChI=1S/C30H30F2N4O/c1-18(14-25-26(31)8-5-9-27(25)32)36-12-10-21(11-13-36)30-29(19(2)34-20(3)35-30)28-16-23(17-33-28)22-6-4-7-24(37)15-22/h4-9,15,17,21,37H,1,10-14,16H2,2-3H3. The van der Waals surface area contributed by atoms with Gasteiger partial charge in [-0.3, -0.25) is 4.99 Å². The number of aromatic hydroxyl groups is 1. The number of rotatable bonds is 6. The molecule has 5 rings (SSSR count). The number of halogens is 2. The topological polar surface area (TPSA) is 61.6 Å². The van der Waals surface area contributed by atoms with Crippen LogP contribution in [0.4, 0.5) is 8.78 Å². The van der Waals surface area contributed by atoms with E-state index in [4.69, 9.17) is 9.98 Å². The molecule has 0 unspecified atom stereocenters. The van der Waals surface area contributed by atoms with Gasteiger partial charge in [0.1, 0.15) is 23.2 Å². The zero-order valence-corrected chi connectivity index (χ0v) is 21.1. The van der Waals surface area contributed by atoms with Gasteiger partial charge in [-0.2, -0.15) is 0 Å². The minimum Gasteiger partial charge on any atom is -0.508 e. The Bertz CT molecular complexity index is 1400. The van der Waals surface area contributed by atoms with Gasteiger partial charge in [0.05, 0.1) is 17.1 Å². The van der Waals surface area contributed by atoms with E-state index in [0.29, 0.717) is 6.42 Å². The third-order valence-electron chi connectivity index (χ3n) is 7.24. The molecule has 7 heteroatoms. The molecule has 1 aromatic heterocycles. The first kappa shape index (κ1) is 24.8. The molecule has 5 nitrogen and oxygen atoms in total. The van der Waals surface area contributed by atoms with E-state index in [1.807, 2.05) is 32.2 Å². The van der Waals surface area contributed by atoms with Crippen LogP contribution in [0.1, 0.15) is 59.1 Å². The number of allylic oxidation sites excluding steroid dienone is 2. The third-order valence-corrected chi connectivity index (χ3v) is 7.24. The van der Waals surface area contributed by atoms with Crippen LogP contribution >= 0.6 is 0 Å². The summed E-state index contributed by atoms with van der Waals surface area (Å²) in [7, 11) is 0. The SMILES string of the molecule is C=C(Cc1c(F)cccc1F)N1CCC(c2nc(C)nc(C)c2C2=NC=C(c3cccc(O)c3)C2)CC1. The van der Waals surface area contributed by atoms with Gasteiger partial charge in [0.25, 0.3) is 0 Å². The van der Waals surface area contributed by atoms with Crippen LogP contribution in [-0.2, 0) is 6.42 Å². The summed E-state index contributed by atoms with van der Waals surface area (Å²) < 4.78 is 28.3. The molecule has 0 amide bonds. The summed E-state index contributed by atoms with van der Waals surface area (Å²) in [6.07, 6.45) is 4.36. The minimum absolute atomic E-state index is 0.0632. The molecule has 0 spiro atoms. The molecule has 0 saturated carbocycles. The fraction of sp³-hybridized carbons (Fsp3) is 0.300. The Balaban J connectivity index is 1.31. The number of hydrogen-bond donors (Lipinski definition) is 1. The maximum absolute atomic E-state index is 14.1. The lowest BCUT2D eigenvalue weighted by atomic mass is 9.87. The van der Waals surface area contributed by atoms with Crippen LogP contribution in [-0.4, -0.2) is 38.8 Å². The Morgan fingerprint density at radius 1 is 1.05 bits per heavy atom. The second kappa shape index (κ2) is 10.2. The number of aromatic nitrogens is 2. The van der Waals surface area contributed by atoms with Crippen molar-refractivity contribution in [3.05, 3.63) is 106 Å². The fourth-order valence-corrected chi connectivity index (χ4v) is 5.34. The third kappa shape index (κ3) is 5.17. The number of likely N-dealkylation sites (tertiary alicyclic amines) is 1. The predicted octanol–water partition coefficient (Wildman–Crippen LogP) is 6.25. The lowest BCUT2D eigenvalue weighted by Gasteiger charge is -2.35. The van der Waals surface area contributed by atoms with Crippen molar-refractivity contribution in [2.45, 2.75) is 45.4 Å². The summed E-state index contributed by atoms with van der Waals surface area (Å²) in [5.74, 6) is 0.107. The van der Waals surface area contributed by atoms with Gasteiger partial charge >= 0.3 is 0 Å². The van der Waals surface area contributed by atoms with Gasteiger partial charge in [0.2, 0.25) is 0 Å². The van der Waals surface area contributed by atoms with Gasteiger partial charge in [-0.1, -0.05) is 24.8 Å². The number of aliphatic imine (C=N–C) groups is 1. The highest BCUT2D eigenvalue weighted by Crippen LogP contribution is 2.35. The molecule has 2 aromatic carbocycles. The first-order valence-corrected chi connectivity index (χ1v) is 12.6. The maximum atomic E-state index is 14.1. The number of benzene rings is 2. The van der Waals surface area contributed by atoms with Gasteiger partial charge in [0.15, 0.2) is 0 Å². The van der Waals surface area contributed by atoms with E-state index >= 15 is 0 Å². The quantitative estimate of drug-likeness (QED) is 0.435.